The van der Waals surface area contributed by atoms with Crippen molar-refractivity contribution in [2.24, 2.45) is 0 Å². The Morgan fingerprint density at radius 1 is 0.646 bits per heavy atom. The number of alkyl halides is 6. The summed E-state index contributed by atoms with van der Waals surface area (Å²) < 4.78 is 89.6. The molecule has 4 aromatic rings. The topological polar surface area (TPSA) is 107 Å². The molecule has 10 nitrogen and oxygen atoms in total. The fourth-order valence-electron chi connectivity index (χ4n) is 5.97. The van der Waals surface area contributed by atoms with Crippen molar-refractivity contribution in [3.05, 3.63) is 126 Å². The fraction of sp³-hybridized carbons (Fsp3) is 0.348. The number of hydrogen-bond acceptors (Lipinski definition) is 8. The molecule has 2 saturated heterocycles. The Bertz CT molecular complexity index is 2240. The van der Waals surface area contributed by atoms with Gasteiger partial charge in [-0.3, -0.25) is 19.4 Å². The predicted octanol–water partition coefficient (Wildman–Crippen LogP) is 8.64. The lowest BCUT2D eigenvalue weighted by molar-refractivity contribution is -0.138. The second kappa shape index (κ2) is 27.3. The third kappa shape index (κ3) is 19.5. The van der Waals surface area contributed by atoms with Crippen molar-refractivity contribution in [2.45, 2.75) is 12.4 Å². The maximum Gasteiger partial charge on any atom is 0.417 e. The second-order valence-corrected chi connectivity index (χ2v) is 16.2. The summed E-state index contributed by atoms with van der Waals surface area (Å²) in [6.07, 6.45) is -3.96. The highest BCUT2D eigenvalue weighted by Gasteiger charge is 2.34. The number of rotatable bonds is 12. The first-order chi connectivity index (χ1) is 31.0. The molecule has 348 valence electrons. The summed E-state index contributed by atoms with van der Waals surface area (Å²) >= 11 is 13.1. The normalized spacial score (nSPS) is 14.3. The van der Waals surface area contributed by atoms with Gasteiger partial charge in [0.15, 0.2) is 0 Å². The van der Waals surface area contributed by atoms with Gasteiger partial charge >= 0.3 is 12.4 Å². The van der Waals surface area contributed by atoms with E-state index in [0.29, 0.717) is 28.7 Å². The van der Waals surface area contributed by atoms with Crippen LogP contribution in [0.1, 0.15) is 37.4 Å². The number of carbonyl (C=O) groups excluding carboxylic acids is 2. The Balaban J connectivity index is 0.000000239. The van der Waals surface area contributed by atoms with Crippen molar-refractivity contribution in [1.29, 1.82) is 0 Å². The smallest absolute Gasteiger partial charge is 0.379 e. The highest BCUT2D eigenvalue weighted by atomic mass is 127. The largest absolute Gasteiger partial charge is 0.417 e. The van der Waals surface area contributed by atoms with Crippen LogP contribution >= 0.6 is 45.8 Å². The van der Waals surface area contributed by atoms with Crippen LogP contribution in [-0.2, 0) is 21.8 Å². The minimum Gasteiger partial charge on any atom is -0.379 e. The number of amides is 2. The zero-order valence-corrected chi connectivity index (χ0v) is 38.7. The van der Waals surface area contributed by atoms with Crippen molar-refractivity contribution < 1.29 is 45.4 Å². The average molecular weight is 1060 g/mol. The van der Waals surface area contributed by atoms with Crippen LogP contribution in [0, 0.1) is 27.8 Å². The first-order valence-electron chi connectivity index (χ1n) is 20.2. The van der Waals surface area contributed by atoms with Crippen molar-refractivity contribution in [2.75, 3.05) is 103 Å². The van der Waals surface area contributed by atoms with Crippen molar-refractivity contribution in [1.82, 2.24) is 20.4 Å². The first kappa shape index (κ1) is 53.2. The standard InChI is InChI=1S/C23H23ClF3N3O2.C14H8ClF3INO.C9H16N2O/c24-19-6-3-18(4-7-19)22(31)29-20-8-5-17(21(16-20)23(25,26)27)2-1-9-28-10-11-30-12-14-32-15-13-30;15-9-3-1-8(2-4-9)13(21)20-10-5-6-12(19)11(7-10)14(16,17)18;1-2-3-10-4-5-11-6-8-12-9-7-11/h3-8,16,28H,9-15H2,(H,29,31);1-7H,(H,20,21);1,10H,3-9H2. The van der Waals surface area contributed by atoms with Gasteiger partial charge in [0.05, 0.1) is 50.6 Å². The SMILES string of the molecule is C#CCNCCN1CCOCC1.O=C(Nc1ccc(C#CCNCCN2CCOCC2)c(C(F)(F)F)c1)c1ccc(Cl)cc1.O=C(Nc1ccc(I)c(C(F)(F)F)c1)c1ccc(Cl)cc1. The highest BCUT2D eigenvalue weighted by Crippen LogP contribution is 2.35. The number of nitrogens with zero attached hydrogens (tertiary/aromatic N) is 2. The zero-order valence-electron chi connectivity index (χ0n) is 35.0. The molecule has 0 aliphatic carbocycles. The molecule has 4 aromatic carbocycles. The van der Waals surface area contributed by atoms with Crippen LogP contribution in [0.4, 0.5) is 37.7 Å². The summed E-state index contributed by atoms with van der Waals surface area (Å²) in [5.41, 5.74) is -1.10. The van der Waals surface area contributed by atoms with Crippen LogP contribution in [0.3, 0.4) is 0 Å². The molecule has 2 fully saturated rings. The van der Waals surface area contributed by atoms with Crippen LogP contribution in [-0.4, -0.2) is 113 Å². The van der Waals surface area contributed by atoms with E-state index in [1.807, 2.05) is 0 Å². The van der Waals surface area contributed by atoms with Gasteiger partial charge in [0.2, 0.25) is 0 Å². The number of carbonyl (C=O) groups is 2. The molecule has 2 aliphatic heterocycles. The number of hydrogen-bond donors (Lipinski definition) is 4. The zero-order chi connectivity index (χ0) is 47.2. The summed E-state index contributed by atoms with van der Waals surface area (Å²) in [5, 5.41) is 12.1. The Morgan fingerprint density at radius 3 is 1.52 bits per heavy atom. The number of morpholine rings is 2. The van der Waals surface area contributed by atoms with Crippen LogP contribution in [0.2, 0.25) is 10.0 Å². The molecule has 0 atom stereocenters. The van der Waals surface area contributed by atoms with E-state index in [9.17, 15) is 35.9 Å². The quantitative estimate of drug-likeness (QED) is 0.0484. The molecule has 0 bridgehead atoms. The van der Waals surface area contributed by atoms with Crippen LogP contribution in [0.5, 0.6) is 0 Å². The Labute approximate surface area is 398 Å². The minimum absolute atomic E-state index is 0.0338. The molecule has 6 rings (SSSR count). The molecule has 65 heavy (non-hydrogen) atoms. The maximum atomic E-state index is 13.5. The molecule has 2 aliphatic rings. The number of nitrogens with one attached hydrogen (secondary N) is 4. The van der Waals surface area contributed by atoms with Gasteiger partial charge in [0, 0.05) is 94.0 Å². The van der Waals surface area contributed by atoms with Crippen molar-refractivity contribution >= 4 is 69.0 Å². The van der Waals surface area contributed by atoms with Crippen LogP contribution in [0.25, 0.3) is 0 Å². The van der Waals surface area contributed by atoms with Gasteiger partial charge in [-0.05, 0) is 108 Å². The van der Waals surface area contributed by atoms with Gasteiger partial charge in [0.25, 0.3) is 11.8 Å². The first-order valence-corrected chi connectivity index (χ1v) is 22.0. The summed E-state index contributed by atoms with van der Waals surface area (Å²) in [7, 11) is 0. The Morgan fingerprint density at radius 2 is 1.08 bits per heavy atom. The lowest BCUT2D eigenvalue weighted by atomic mass is 10.1. The molecule has 2 heterocycles. The monoisotopic (exact) mass is 1060 g/mol. The minimum atomic E-state index is -4.60. The van der Waals surface area contributed by atoms with Gasteiger partial charge in [-0.1, -0.05) is 41.0 Å². The molecule has 4 N–H and O–H groups in total. The van der Waals surface area contributed by atoms with E-state index in [1.54, 1.807) is 22.6 Å². The predicted molar refractivity (Wildman–Crippen MR) is 250 cm³/mol. The van der Waals surface area contributed by atoms with E-state index >= 15 is 0 Å². The average Bonchev–Trinajstić information content (AvgIpc) is 3.28. The van der Waals surface area contributed by atoms with E-state index in [1.165, 1.54) is 72.8 Å². The molecule has 0 spiro atoms. The molecule has 0 unspecified atom stereocenters. The fourth-order valence-corrected chi connectivity index (χ4v) is 6.86. The molecular formula is C46H47Cl2F6IN6O4. The Hall–Kier alpha value is -4.41. The van der Waals surface area contributed by atoms with Crippen molar-refractivity contribution in [3.8, 4) is 24.2 Å². The summed E-state index contributed by atoms with van der Waals surface area (Å²) in [6.45, 7) is 11.6. The van der Waals surface area contributed by atoms with Gasteiger partial charge in [-0.25, -0.2) is 0 Å². The number of terminal acetylenes is 1. The summed E-state index contributed by atoms with van der Waals surface area (Å²) in [6, 6.07) is 19.3. The molecule has 19 heteroatoms. The molecule has 2 amide bonds. The maximum absolute atomic E-state index is 13.5. The lowest BCUT2D eigenvalue weighted by Gasteiger charge is -2.26. The Kier molecular flexibility index (Phi) is 22.3. The van der Waals surface area contributed by atoms with Crippen molar-refractivity contribution in [3.63, 3.8) is 0 Å². The lowest BCUT2D eigenvalue weighted by Crippen LogP contribution is -2.40. The summed E-state index contributed by atoms with van der Waals surface area (Å²) in [4.78, 5) is 28.8. The number of ether oxygens (including phenoxy) is 2. The van der Waals surface area contributed by atoms with E-state index < -0.39 is 35.3 Å². The number of anilines is 2. The second-order valence-electron chi connectivity index (χ2n) is 14.1. The highest BCUT2D eigenvalue weighted by molar-refractivity contribution is 14.1. The third-order valence-electron chi connectivity index (χ3n) is 9.41. The summed E-state index contributed by atoms with van der Waals surface area (Å²) in [5.74, 6) is 6.84. The van der Waals surface area contributed by atoms with Gasteiger partial charge in [-0.15, -0.1) is 6.42 Å². The van der Waals surface area contributed by atoms with E-state index in [2.05, 4.69) is 48.8 Å². The van der Waals surface area contributed by atoms with E-state index in [0.717, 1.165) is 84.4 Å². The van der Waals surface area contributed by atoms with E-state index in [4.69, 9.17) is 39.1 Å². The van der Waals surface area contributed by atoms with E-state index in [-0.39, 0.29) is 32.6 Å². The third-order valence-corrected chi connectivity index (χ3v) is 10.9. The van der Waals surface area contributed by atoms with Crippen LogP contribution in [0.15, 0.2) is 84.9 Å². The van der Waals surface area contributed by atoms with Gasteiger partial charge in [0.1, 0.15) is 0 Å². The van der Waals surface area contributed by atoms with Crippen LogP contribution < -0.4 is 21.3 Å². The van der Waals surface area contributed by atoms with Gasteiger partial charge < -0.3 is 30.7 Å². The number of benzene rings is 4. The number of halogens is 9. The van der Waals surface area contributed by atoms with Gasteiger partial charge in [-0.2, -0.15) is 26.3 Å². The molecule has 0 saturated carbocycles. The molecule has 0 radical (unpaired) electrons. The molecule has 0 aromatic heterocycles. The molecular weight excluding hydrogens is 1010 g/mol.